The van der Waals surface area contributed by atoms with Gasteiger partial charge in [-0.2, -0.15) is 0 Å². The first-order valence-corrected chi connectivity index (χ1v) is 7.03. The maximum atomic E-state index is 11.2. The number of hydrogen-bond donors (Lipinski definition) is 0. The number of likely N-dealkylation sites (tertiary alicyclic amines) is 1. The van der Waals surface area contributed by atoms with Crippen LogP contribution in [0, 0.1) is 0 Å². The Bertz CT molecular complexity index is 374. The van der Waals surface area contributed by atoms with Crippen LogP contribution in [0.2, 0.25) is 0 Å². The third-order valence-electron chi connectivity index (χ3n) is 3.78. The van der Waals surface area contributed by atoms with Crippen molar-refractivity contribution in [3.8, 4) is 0 Å². The Morgan fingerprint density at radius 1 is 1.33 bits per heavy atom. The van der Waals surface area contributed by atoms with E-state index in [0.717, 1.165) is 19.4 Å². The van der Waals surface area contributed by atoms with Gasteiger partial charge < -0.3 is 0 Å². The van der Waals surface area contributed by atoms with E-state index in [1.165, 1.54) is 31.4 Å². The van der Waals surface area contributed by atoms with Gasteiger partial charge in [0.25, 0.3) is 0 Å². The van der Waals surface area contributed by atoms with Crippen LogP contribution in [-0.4, -0.2) is 29.8 Å². The molecule has 0 aliphatic carbocycles. The average Bonchev–Trinajstić information content (AvgIpc) is 2.77. The minimum atomic E-state index is 0.329. The topological polar surface area (TPSA) is 20.3 Å². The van der Waals surface area contributed by atoms with E-state index in [0.29, 0.717) is 11.8 Å². The number of hydrogen-bond acceptors (Lipinski definition) is 2. The Morgan fingerprint density at radius 2 is 2.11 bits per heavy atom. The van der Waals surface area contributed by atoms with Gasteiger partial charge in [0.15, 0.2) is 0 Å². The van der Waals surface area contributed by atoms with Crippen LogP contribution < -0.4 is 0 Å². The van der Waals surface area contributed by atoms with Crippen LogP contribution in [0.15, 0.2) is 30.3 Å². The summed E-state index contributed by atoms with van der Waals surface area (Å²) in [4.78, 5) is 13.7. The lowest BCUT2D eigenvalue weighted by Gasteiger charge is -2.23. The third-order valence-corrected chi connectivity index (χ3v) is 3.78. The van der Waals surface area contributed by atoms with E-state index in [2.05, 4.69) is 35.2 Å². The molecule has 0 bridgehead atoms. The summed E-state index contributed by atoms with van der Waals surface area (Å²) < 4.78 is 0. The number of carbonyl (C=O) groups is 1. The molecule has 2 heteroatoms. The molecule has 0 amide bonds. The SMILES string of the molecule is CC(=O)CC1CCCN1CCCc1ccccc1. The number of nitrogens with zero attached hydrogens (tertiary/aromatic N) is 1. The maximum absolute atomic E-state index is 11.2. The zero-order valence-electron chi connectivity index (χ0n) is 11.3. The fourth-order valence-electron chi connectivity index (χ4n) is 2.88. The van der Waals surface area contributed by atoms with E-state index in [4.69, 9.17) is 0 Å². The van der Waals surface area contributed by atoms with Gasteiger partial charge in [-0.05, 0) is 51.3 Å². The normalized spacial score (nSPS) is 20.2. The van der Waals surface area contributed by atoms with Gasteiger partial charge in [-0.25, -0.2) is 0 Å². The van der Waals surface area contributed by atoms with Crippen molar-refractivity contribution in [1.29, 1.82) is 0 Å². The molecular formula is C16H23NO. The van der Waals surface area contributed by atoms with Gasteiger partial charge in [-0.15, -0.1) is 0 Å². The summed E-state index contributed by atoms with van der Waals surface area (Å²) in [5, 5.41) is 0. The minimum absolute atomic E-state index is 0.329. The smallest absolute Gasteiger partial charge is 0.131 e. The second-order valence-corrected chi connectivity index (χ2v) is 5.33. The number of benzene rings is 1. The Hall–Kier alpha value is -1.15. The standard InChI is InChI=1S/C16H23NO/c1-14(18)13-16-10-6-12-17(16)11-5-9-15-7-3-2-4-8-15/h2-4,7-8,16H,5-6,9-13H2,1H3. The van der Waals surface area contributed by atoms with Crippen molar-refractivity contribution in [1.82, 2.24) is 4.90 Å². The highest BCUT2D eigenvalue weighted by Gasteiger charge is 2.24. The highest BCUT2D eigenvalue weighted by Crippen LogP contribution is 2.20. The molecule has 1 unspecified atom stereocenters. The second kappa shape index (κ2) is 6.69. The summed E-state index contributed by atoms with van der Waals surface area (Å²) in [6.45, 7) is 4.01. The van der Waals surface area contributed by atoms with E-state index < -0.39 is 0 Å². The Labute approximate surface area is 110 Å². The van der Waals surface area contributed by atoms with Crippen molar-refractivity contribution in [2.45, 2.75) is 45.1 Å². The van der Waals surface area contributed by atoms with Crippen molar-refractivity contribution in [3.63, 3.8) is 0 Å². The van der Waals surface area contributed by atoms with E-state index in [1.807, 2.05) is 0 Å². The average molecular weight is 245 g/mol. The quantitative estimate of drug-likeness (QED) is 0.767. The van der Waals surface area contributed by atoms with Crippen LogP contribution in [0.5, 0.6) is 0 Å². The fraction of sp³-hybridized carbons (Fsp3) is 0.562. The molecule has 2 nitrogen and oxygen atoms in total. The zero-order chi connectivity index (χ0) is 12.8. The number of aryl methyl sites for hydroxylation is 1. The molecule has 0 radical (unpaired) electrons. The van der Waals surface area contributed by atoms with E-state index in [9.17, 15) is 4.79 Å². The number of carbonyl (C=O) groups excluding carboxylic acids is 1. The van der Waals surface area contributed by atoms with Gasteiger partial charge in [0.1, 0.15) is 5.78 Å². The minimum Gasteiger partial charge on any atom is -0.300 e. The van der Waals surface area contributed by atoms with Crippen LogP contribution in [-0.2, 0) is 11.2 Å². The van der Waals surface area contributed by atoms with Gasteiger partial charge >= 0.3 is 0 Å². The molecule has 1 aromatic carbocycles. The van der Waals surface area contributed by atoms with E-state index >= 15 is 0 Å². The van der Waals surface area contributed by atoms with Crippen molar-refractivity contribution in [2.75, 3.05) is 13.1 Å². The summed E-state index contributed by atoms with van der Waals surface area (Å²) in [6, 6.07) is 11.2. The number of rotatable bonds is 6. The molecular weight excluding hydrogens is 222 g/mol. The Kier molecular flexibility index (Phi) is 4.94. The fourth-order valence-corrected chi connectivity index (χ4v) is 2.88. The zero-order valence-corrected chi connectivity index (χ0v) is 11.3. The first-order chi connectivity index (χ1) is 8.75. The molecule has 1 aliphatic heterocycles. The van der Waals surface area contributed by atoms with Crippen LogP contribution in [0.25, 0.3) is 0 Å². The third kappa shape index (κ3) is 3.95. The predicted octanol–water partition coefficient (Wildman–Crippen LogP) is 3.06. The molecule has 1 heterocycles. The lowest BCUT2D eigenvalue weighted by atomic mass is 10.1. The molecule has 98 valence electrons. The van der Waals surface area contributed by atoms with Crippen LogP contribution in [0.3, 0.4) is 0 Å². The monoisotopic (exact) mass is 245 g/mol. The summed E-state index contributed by atoms with van der Waals surface area (Å²) in [7, 11) is 0. The number of Topliss-reactive ketones (excluding diaryl/α,β-unsaturated/α-hetero) is 1. The molecule has 0 spiro atoms. The maximum Gasteiger partial charge on any atom is 0.131 e. The largest absolute Gasteiger partial charge is 0.300 e. The molecule has 1 atom stereocenters. The molecule has 18 heavy (non-hydrogen) atoms. The first-order valence-electron chi connectivity index (χ1n) is 7.03. The summed E-state index contributed by atoms with van der Waals surface area (Å²) >= 11 is 0. The summed E-state index contributed by atoms with van der Waals surface area (Å²) in [6.07, 6.45) is 5.53. The molecule has 0 N–H and O–H groups in total. The molecule has 2 rings (SSSR count). The second-order valence-electron chi connectivity index (χ2n) is 5.33. The van der Waals surface area contributed by atoms with Gasteiger partial charge in [-0.3, -0.25) is 9.69 Å². The van der Waals surface area contributed by atoms with Crippen molar-refractivity contribution < 1.29 is 4.79 Å². The van der Waals surface area contributed by atoms with E-state index in [-0.39, 0.29) is 0 Å². The Morgan fingerprint density at radius 3 is 2.83 bits per heavy atom. The molecule has 0 saturated carbocycles. The van der Waals surface area contributed by atoms with E-state index in [1.54, 1.807) is 6.92 Å². The molecule has 1 fully saturated rings. The van der Waals surface area contributed by atoms with Gasteiger partial charge in [0.05, 0.1) is 0 Å². The Balaban J connectivity index is 1.74. The van der Waals surface area contributed by atoms with Crippen LogP contribution in [0.4, 0.5) is 0 Å². The van der Waals surface area contributed by atoms with Gasteiger partial charge in [-0.1, -0.05) is 30.3 Å². The van der Waals surface area contributed by atoms with Crippen molar-refractivity contribution >= 4 is 5.78 Å². The number of ketones is 1. The molecule has 1 aliphatic rings. The van der Waals surface area contributed by atoms with Crippen molar-refractivity contribution in [2.24, 2.45) is 0 Å². The lowest BCUT2D eigenvalue weighted by molar-refractivity contribution is -0.118. The highest BCUT2D eigenvalue weighted by atomic mass is 16.1. The highest BCUT2D eigenvalue weighted by molar-refractivity contribution is 5.76. The van der Waals surface area contributed by atoms with Gasteiger partial charge in [0, 0.05) is 12.5 Å². The molecule has 1 saturated heterocycles. The summed E-state index contributed by atoms with van der Waals surface area (Å²) in [5.74, 6) is 0.329. The summed E-state index contributed by atoms with van der Waals surface area (Å²) in [5.41, 5.74) is 1.42. The lowest BCUT2D eigenvalue weighted by Crippen LogP contribution is -2.32. The molecule has 0 aromatic heterocycles. The van der Waals surface area contributed by atoms with Crippen LogP contribution >= 0.6 is 0 Å². The van der Waals surface area contributed by atoms with Crippen molar-refractivity contribution in [3.05, 3.63) is 35.9 Å². The van der Waals surface area contributed by atoms with Gasteiger partial charge in [0.2, 0.25) is 0 Å². The first kappa shape index (κ1) is 13.3. The van der Waals surface area contributed by atoms with Crippen LogP contribution in [0.1, 0.15) is 38.2 Å². The molecule has 1 aromatic rings. The predicted molar refractivity (Wildman–Crippen MR) is 74.7 cm³/mol.